The van der Waals surface area contributed by atoms with E-state index in [4.69, 9.17) is 16.0 Å². The van der Waals surface area contributed by atoms with Gasteiger partial charge in [-0.05, 0) is 18.2 Å². The summed E-state index contributed by atoms with van der Waals surface area (Å²) in [5.74, 6) is 0. The molecule has 0 fully saturated rings. The molecule has 4 heteroatoms. The van der Waals surface area contributed by atoms with Crippen LogP contribution in [-0.4, -0.2) is 4.98 Å². The second-order valence-electron chi connectivity index (χ2n) is 2.30. The van der Waals surface area contributed by atoms with Crippen LogP contribution >= 0.6 is 11.6 Å². The summed E-state index contributed by atoms with van der Waals surface area (Å²) in [5, 5.41) is 0.910. The van der Waals surface area contributed by atoms with Crippen molar-refractivity contribution in [2.45, 2.75) is 0 Å². The Balaban J connectivity index is 2.98. The first-order chi connectivity index (χ1) is 5.77. The Bertz CT molecular complexity index is 478. The van der Waals surface area contributed by atoms with Crippen molar-refractivity contribution in [2.24, 2.45) is 0 Å². The summed E-state index contributed by atoms with van der Waals surface area (Å²) in [4.78, 5) is 14.6. The standard InChI is InChI=1S/C8H4ClNO2/c9-5-1-2-7-6(3-5)8(11)10-4-12-7/h1-4H. The zero-order chi connectivity index (χ0) is 8.55. The molecule has 0 amide bonds. The second-order valence-corrected chi connectivity index (χ2v) is 2.73. The Hall–Kier alpha value is -1.35. The van der Waals surface area contributed by atoms with E-state index in [0.717, 1.165) is 6.39 Å². The van der Waals surface area contributed by atoms with Gasteiger partial charge < -0.3 is 4.42 Å². The highest BCUT2D eigenvalue weighted by Crippen LogP contribution is 2.14. The van der Waals surface area contributed by atoms with Gasteiger partial charge in [0.1, 0.15) is 5.58 Å². The van der Waals surface area contributed by atoms with E-state index in [-0.39, 0.29) is 5.56 Å². The first-order valence-corrected chi connectivity index (χ1v) is 3.68. The minimum Gasteiger partial charge on any atom is -0.445 e. The number of nitrogens with zero attached hydrogens (tertiary/aromatic N) is 1. The van der Waals surface area contributed by atoms with Crippen molar-refractivity contribution in [1.82, 2.24) is 4.98 Å². The van der Waals surface area contributed by atoms with Crippen molar-refractivity contribution in [3.05, 3.63) is 40.0 Å². The van der Waals surface area contributed by atoms with E-state index in [1.165, 1.54) is 6.07 Å². The van der Waals surface area contributed by atoms with Gasteiger partial charge in [0.25, 0.3) is 5.56 Å². The lowest BCUT2D eigenvalue weighted by atomic mass is 10.2. The number of benzene rings is 1. The predicted octanol–water partition coefficient (Wildman–Crippen LogP) is 1.84. The molecule has 0 spiro atoms. The van der Waals surface area contributed by atoms with Crippen LogP contribution in [0.1, 0.15) is 0 Å². The molecule has 0 atom stereocenters. The zero-order valence-corrected chi connectivity index (χ0v) is 6.71. The molecule has 1 heterocycles. The first kappa shape index (κ1) is 7.31. The summed E-state index contributed by atoms with van der Waals surface area (Å²) in [6.45, 7) is 0. The molecule has 2 rings (SSSR count). The van der Waals surface area contributed by atoms with Gasteiger partial charge in [-0.1, -0.05) is 11.6 Å². The molecular formula is C8H4ClNO2. The van der Waals surface area contributed by atoms with Crippen LogP contribution in [0.3, 0.4) is 0 Å². The van der Waals surface area contributed by atoms with Crippen molar-refractivity contribution < 1.29 is 4.42 Å². The van der Waals surface area contributed by atoms with E-state index in [2.05, 4.69) is 4.98 Å². The van der Waals surface area contributed by atoms with Crippen LogP contribution in [0.2, 0.25) is 5.02 Å². The number of halogens is 1. The normalized spacial score (nSPS) is 10.4. The third kappa shape index (κ3) is 1.08. The highest BCUT2D eigenvalue weighted by molar-refractivity contribution is 6.31. The maximum Gasteiger partial charge on any atom is 0.283 e. The van der Waals surface area contributed by atoms with E-state index in [0.29, 0.717) is 16.0 Å². The fraction of sp³-hybridized carbons (Fsp3) is 0. The molecule has 1 aromatic heterocycles. The molecule has 2 aromatic rings. The number of aromatic nitrogens is 1. The van der Waals surface area contributed by atoms with Crippen LogP contribution in [0, 0.1) is 0 Å². The van der Waals surface area contributed by atoms with Gasteiger partial charge in [0, 0.05) is 5.02 Å². The summed E-state index contributed by atoms with van der Waals surface area (Å²) >= 11 is 5.68. The van der Waals surface area contributed by atoms with Gasteiger partial charge in [-0.3, -0.25) is 4.79 Å². The molecule has 0 radical (unpaired) electrons. The number of rotatable bonds is 0. The van der Waals surface area contributed by atoms with Crippen LogP contribution < -0.4 is 5.56 Å². The number of hydrogen-bond donors (Lipinski definition) is 0. The van der Waals surface area contributed by atoms with Gasteiger partial charge in [-0.25, -0.2) is 0 Å². The summed E-state index contributed by atoms with van der Waals surface area (Å²) < 4.78 is 4.98. The van der Waals surface area contributed by atoms with Gasteiger partial charge in [0.2, 0.25) is 0 Å². The third-order valence-corrected chi connectivity index (χ3v) is 1.76. The quantitative estimate of drug-likeness (QED) is 0.623. The van der Waals surface area contributed by atoms with Crippen LogP contribution in [0.25, 0.3) is 11.0 Å². The van der Waals surface area contributed by atoms with Gasteiger partial charge in [-0.15, -0.1) is 0 Å². The van der Waals surface area contributed by atoms with Gasteiger partial charge in [0.15, 0.2) is 6.39 Å². The Kier molecular flexibility index (Phi) is 1.59. The van der Waals surface area contributed by atoms with Crippen molar-refractivity contribution in [3.63, 3.8) is 0 Å². The molecule has 0 saturated heterocycles. The molecular weight excluding hydrogens is 178 g/mol. The minimum atomic E-state index is -0.321. The van der Waals surface area contributed by atoms with Crippen molar-refractivity contribution >= 4 is 22.6 Å². The lowest BCUT2D eigenvalue weighted by Crippen LogP contribution is -2.03. The maximum absolute atomic E-state index is 11.1. The van der Waals surface area contributed by atoms with Crippen LogP contribution in [0.5, 0.6) is 0 Å². The van der Waals surface area contributed by atoms with Gasteiger partial charge in [-0.2, -0.15) is 4.98 Å². The van der Waals surface area contributed by atoms with Crippen LogP contribution in [0.15, 0.2) is 33.8 Å². The van der Waals surface area contributed by atoms with Crippen LogP contribution in [-0.2, 0) is 0 Å². The highest BCUT2D eigenvalue weighted by Gasteiger charge is 2.00. The molecule has 12 heavy (non-hydrogen) atoms. The SMILES string of the molecule is O=c1ncoc2ccc(Cl)cc12. The lowest BCUT2D eigenvalue weighted by Gasteiger charge is -1.93. The zero-order valence-electron chi connectivity index (χ0n) is 5.95. The highest BCUT2D eigenvalue weighted by atomic mass is 35.5. The fourth-order valence-electron chi connectivity index (χ4n) is 0.973. The number of hydrogen-bond acceptors (Lipinski definition) is 3. The summed E-state index contributed by atoms with van der Waals surface area (Å²) in [5.41, 5.74) is 0.179. The largest absolute Gasteiger partial charge is 0.445 e. The molecule has 0 aliphatic heterocycles. The van der Waals surface area contributed by atoms with Gasteiger partial charge in [0.05, 0.1) is 5.39 Å². The lowest BCUT2D eigenvalue weighted by molar-refractivity contribution is 0.576. The summed E-state index contributed by atoms with van der Waals surface area (Å²) in [6.07, 6.45) is 1.12. The predicted molar refractivity (Wildman–Crippen MR) is 45.3 cm³/mol. The molecule has 60 valence electrons. The van der Waals surface area contributed by atoms with Crippen molar-refractivity contribution in [1.29, 1.82) is 0 Å². The van der Waals surface area contributed by atoms with Crippen molar-refractivity contribution in [3.8, 4) is 0 Å². The average molecular weight is 182 g/mol. The average Bonchev–Trinajstić information content (AvgIpc) is 2.07. The number of fused-ring (bicyclic) bond motifs is 1. The van der Waals surface area contributed by atoms with Gasteiger partial charge >= 0.3 is 0 Å². The third-order valence-electron chi connectivity index (χ3n) is 1.52. The molecule has 0 N–H and O–H groups in total. The Morgan fingerprint density at radius 3 is 3.08 bits per heavy atom. The summed E-state index contributed by atoms with van der Waals surface area (Å²) in [7, 11) is 0. The topological polar surface area (TPSA) is 43.1 Å². The minimum absolute atomic E-state index is 0.321. The molecule has 0 aliphatic rings. The smallest absolute Gasteiger partial charge is 0.283 e. The van der Waals surface area contributed by atoms with E-state index in [9.17, 15) is 4.79 Å². The van der Waals surface area contributed by atoms with E-state index < -0.39 is 0 Å². The molecule has 0 bridgehead atoms. The fourth-order valence-corrected chi connectivity index (χ4v) is 1.14. The molecule has 0 unspecified atom stereocenters. The van der Waals surface area contributed by atoms with E-state index in [1.807, 2.05) is 0 Å². The van der Waals surface area contributed by atoms with E-state index >= 15 is 0 Å². The monoisotopic (exact) mass is 181 g/mol. The Morgan fingerprint density at radius 2 is 2.25 bits per heavy atom. The maximum atomic E-state index is 11.1. The second kappa shape index (κ2) is 2.60. The molecule has 3 nitrogen and oxygen atoms in total. The van der Waals surface area contributed by atoms with Crippen molar-refractivity contribution in [2.75, 3.05) is 0 Å². The Labute approximate surface area is 72.6 Å². The molecule has 0 saturated carbocycles. The molecule has 0 aliphatic carbocycles. The van der Waals surface area contributed by atoms with Crippen LogP contribution in [0.4, 0.5) is 0 Å². The van der Waals surface area contributed by atoms with E-state index in [1.54, 1.807) is 12.1 Å². The Morgan fingerprint density at radius 1 is 1.42 bits per heavy atom. The first-order valence-electron chi connectivity index (χ1n) is 3.30. The molecule has 1 aromatic carbocycles. The summed E-state index contributed by atoms with van der Waals surface area (Å²) in [6, 6.07) is 4.84.